The summed E-state index contributed by atoms with van der Waals surface area (Å²) in [4.78, 5) is 26.5. The predicted molar refractivity (Wildman–Crippen MR) is 129 cm³/mol. The fraction of sp³-hybridized carbons (Fsp3) is 0. The van der Waals surface area contributed by atoms with Crippen LogP contribution in [0.3, 0.4) is 0 Å². The molecule has 0 saturated carbocycles. The third-order valence-electron chi connectivity index (χ3n) is 4.28. The van der Waals surface area contributed by atoms with Gasteiger partial charge in [-0.3, -0.25) is 0 Å². The van der Waals surface area contributed by atoms with E-state index in [1.807, 2.05) is 0 Å². The molecule has 32 heavy (non-hydrogen) atoms. The predicted octanol–water partition coefficient (Wildman–Crippen LogP) is 7.66. The van der Waals surface area contributed by atoms with Crippen LogP contribution in [0.5, 0.6) is 0 Å². The minimum atomic E-state index is -0.605. The van der Waals surface area contributed by atoms with Gasteiger partial charge in [-0.1, -0.05) is 59.6 Å². The highest BCUT2D eigenvalue weighted by atomic mass is 35.5. The molecule has 2 aromatic heterocycles. The number of hydrogen-bond acceptors (Lipinski definition) is 6. The molecule has 0 aliphatic rings. The highest BCUT2D eigenvalue weighted by molar-refractivity contribution is 7.12. The van der Waals surface area contributed by atoms with E-state index in [1.54, 1.807) is 83.6 Å². The van der Waals surface area contributed by atoms with E-state index in [0.29, 0.717) is 30.9 Å². The number of rotatable bonds is 6. The van der Waals surface area contributed by atoms with Crippen LogP contribution >= 0.6 is 45.9 Å². The fourth-order valence-corrected chi connectivity index (χ4v) is 4.45. The second kappa shape index (κ2) is 10.1. The van der Waals surface area contributed by atoms with E-state index in [-0.39, 0.29) is 11.5 Å². The zero-order valence-electron chi connectivity index (χ0n) is 16.3. The number of carbonyl (C=O) groups is 2. The Hall–Kier alpha value is -2.90. The van der Waals surface area contributed by atoms with Crippen LogP contribution in [0.25, 0.3) is 11.5 Å². The summed E-state index contributed by atoms with van der Waals surface area (Å²) < 4.78 is 11.6. The minimum Gasteiger partial charge on any atom is -0.418 e. The average Bonchev–Trinajstić information content (AvgIpc) is 3.52. The first kappa shape index (κ1) is 22.3. The van der Waals surface area contributed by atoms with Crippen LogP contribution < -0.4 is 0 Å². The maximum Gasteiger partial charge on any atom is 0.353 e. The number of hydrogen-bond donors (Lipinski definition) is 0. The molecule has 0 aliphatic carbocycles. The summed E-state index contributed by atoms with van der Waals surface area (Å²) >= 11 is 15.3. The van der Waals surface area contributed by atoms with Crippen molar-refractivity contribution in [3.63, 3.8) is 0 Å². The third-order valence-corrected chi connectivity index (χ3v) is 6.64. The van der Waals surface area contributed by atoms with Crippen molar-refractivity contribution in [2.24, 2.45) is 0 Å². The zero-order valence-corrected chi connectivity index (χ0v) is 19.4. The molecule has 0 atom stereocenters. The summed E-state index contributed by atoms with van der Waals surface area (Å²) in [6.07, 6.45) is 0. The van der Waals surface area contributed by atoms with Crippen LogP contribution in [-0.2, 0) is 9.47 Å². The highest BCUT2D eigenvalue weighted by Gasteiger charge is 2.26. The van der Waals surface area contributed by atoms with Crippen molar-refractivity contribution in [2.45, 2.75) is 0 Å². The molecule has 0 unspecified atom stereocenters. The molecule has 4 aromatic rings. The molecular weight excluding hydrogens is 487 g/mol. The lowest BCUT2D eigenvalue weighted by molar-refractivity contribution is 0.0652. The maximum atomic E-state index is 12.9. The largest absolute Gasteiger partial charge is 0.418 e. The van der Waals surface area contributed by atoms with Crippen molar-refractivity contribution in [1.29, 1.82) is 0 Å². The molecule has 0 spiro atoms. The molecule has 0 bridgehead atoms. The monoisotopic (exact) mass is 500 g/mol. The van der Waals surface area contributed by atoms with Crippen LogP contribution in [0.15, 0.2) is 83.6 Å². The van der Waals surface area contributed by atoms with E-state index in [2.05, 4.69) is 0 Å². The first-order valence-electron chi connectivity index (χ1n) is 9.30. The summed E-state index contributed by atoms with van der Waals surface area (Å²) in [6, 6.07) is 20.4. The van der Waals surface area contributed by atoms with Gasteiger partial charge in [0, 0.05) is 11.1 Å². The number of ether oxygens (including phenoxy) is 2. The number of carbonyl (C=O) groups excluding carboxylic acids is 2. The molecule has 0 aliphatic heterocycles. The fourth-order valence-electron chi connectivity index (χ4n) is 2.81. The average molecular weight is 501 g/mol. The van der Waals surface area contributed by atoms with Gasteiger partial charge in [-0.25, -0.2) is 9.59 Å². The summed E-state index contributed by atoms with van der Waals surface area (Å²) in [5.74, 6) is -1.22. The summed E-state index contributed by atoms with van der Waals surface area (Å²) in [6.45, 7) is 0. The van der Waals surface area contributed by atoms with Crippen molar-refractivity contribution >= 4 is 69.3 Å². The number of benzene rings is 2. The summed E-state index contributed by atoms with van der Waals surface area (Å²) in [5.41, 5.74) is 0.765. The Balaban J connectivity index is 1.91. The second-order valence-electron chi connectivity index (χ2n) is 6.35. The number of esters is 2. The molecule has 160 valence electrons. The molecule has 0 amide bonds. The van der Waals surface area contributed by atoms with Crippen molar-refractivity contribution in [1.82, 2.24) is 0 Å². The minimum absolute atomic E-state index is 0.00740. The SMILES string of the molecule is O=C(OC(=C(OC(=O)c1cccs1)c1ccccc1Cl)c1ccccc1Cl)c1cccs1. The molecule has 8 heteroatoms. The smallest absolute Gasteiger partial charge is 0.353 e. The Bertz CT molecular complexity index is 1180. The standard InChI is InChI=1S/C24H14Cl2O4S2/c25-17-9-3-1-7-15(17)21(29-23(27)19-11-5-13-31-19)22(16-8-2-4-10-18(16)26)30-24(28)20-12-6-14-32-20/h1-14H. The van der Waals surface area contributed by atoms with E-state index in [9.17, 15) is 9.59 Å². The zero-order chi connectivity index (χ0) is 22.5. The lowest BCUT2D eigenvalue weighted by Crippen LogP contribution is -2.10. The second-order valence-corrected chi connectivity index (χ2v) is 9.06. The molecule has 0 fully saturated rings. The van der Waals surface area contributed by atoms with Crippen molar-refractivity contribution < 1.29 is 19.1 Å². The van der Waals surface area contributed by atoms with E-state index in [4.69, 9.17) is 32.7 Å². The van der Waals surface area contributed by atoms with Gasteiger partial charge >= 0.3 is 11.9 Å². The Morgan fingerprint density at radius 2 is 1.00 bits per heavy atom. The Labute approximate surface area is 202 Å². The quantitative estimate of drug-likeness (QED) is 0.155. The Morgan fingerprint density at radius 1 is 0.594 bits per heavy atom. The molecule has 2 aromatic carbocycles. The van der Waals surface area contributed by atoms with Crippen LogP contribution in [0, 0.1) is 0 Å². The highest BCUT2D eigenvalue weighted by Crippen LogP contribution is 2.36. The van der Waals surface area contributed by atoms with Gasteiger partial charge in [0.25, 0.3) is 0 Å². The van der Waals surface area contributed by atoms with Gasteiger partial charge in [0.05, 0.1) is 10.0 Å². The first-order chi connectivity index (χ1) is 15.5. The molecule has 0 radical (unpaired) electrons. The Kier molecular flexibility index (Phi) is 7.07. The van der Waals surface area contributed by atoms with Crippen LogP contribution in [-0.4, -0.2) is 11.9 Å². The molecule has 4 nitrogen and oxygen atoms in total. The normalized spacial score (nSPS) is 11.6. The number of thiophene rings is 2. The molecule has 0 saturated heterocycles. The van der Waals surface area contributed by atoms with Crippen LogP contribution in [0.1, 0.15) is 30.5 Å². The van der Waals surface area contributed by atoms with E-state index in [0.717, 1.165) is 0 Å². The number of halogens is 2. The van der Waals surface area contributed by atoms with Crippen LogP contribution in [0.4, 0.5) is 0 Å². The van der Waals surface area contributed by atoms with E-state index < -0.39 is 11.9 Å². The first-order valence-corrected chi connectivity index (χ1v) is 11.8. The molecule has 2 heterocycles. The van der Waals surface area contributed by atoms with Crippen molar-refractivity contribution in [2.75, 3.05) is 0 Å². The topological polar surface area (TPSA) is 52.6 Å². The third kappa shape index (κ3) is 4.95. The lowest BCUT2D eigenvalue weighted by Gasteiger charge is -2.17. The molecule has 0 N–H and O–H groups in total. The van der Waals surface area contributed by atoms with Gasteiger partial charge in [0.15, 0.2) is 11.5 Å². The summed E-state index contributed by atoms with van der Waals surface area (Å²) in [7, 11) is 0. The molecular formula is C24H14Cl2O4S2. The van der Waals surface area contributed by atoms with Gasteiger partial charge in [-0.15, -0.1) is 22.7 Å². The van der Waals surface area contributed by atoms with Crippen molar-refractivity contribution in [3.8, 4) is 0 Å². The van der Waals surface area contributed by atoms with E-state index in [1.165, 1.54) is 22.7 Å². The maximum absolute atomic E-state index is 12.9. The van der Waals surface area contributed by atoms with Gasteiger partial charge in [-0.05, 0) is 47.2 Å². The lowest BCUT2D eigenvalue weighted by atomic mass is 10.1. The molecule has 4 rings (SSSR count). The Morgan fingerprint density at radius 3 is 1.34 bits per heavy atom. The summed E-state index contributed by atoms with van der Waals surface area (Å²) in [5, 5.41) is 4.17. The van der Waals surface area contributed by atoms with Gasteiger partial charge in [-0.2, -0.15) is 0 Å². The van der Waals surface area contributed by atoms with Gasteiger partial charge in [0.1, 0.15) is 9.75 Å². The van der Waals surface area contributed by atoms with Crippen LogP contribution in [0.2, 0.25) is 10.0 Å². The van der Waals surface area contributed by atoms with Gasteiger partial charge < -0.3 is 9.47 Å². The van der Waals surface area contributed by atoms with Gasteiger partial charge in [0.2, 0.25) is 0 Å². The van der Waals surface area contributed by atoms with E-state index >= 15 is 0 Å². The van der Waals surface area contributed by atoms with Crippen molar-refractivity contribution in [3.05, 3.63) is 114 Å².